The average molecular weight is 337 g/mol. The number of pyridine rings is 1. The number of benzene rings is 2. The average Bonchev–Trinajstić information content (AvgIpc) is 2.67. The number of aromatic nitrogens is 1. The van der Waals surface area contributed by atoms with Gasteiger partial charge in [0.1, 0.15) is 18.2 Å². The van der Waals surface area contributed by atoms with Crippen LogP contribution >= 0.6 is 0 Å². The number of hydrogen-bond acceptors (Lipinski definition) is 3. The molecule has 128 valence electrons. The standard InChI is InChI=1S/C21H20FNO2/c22-19-8-4-17(5-9-19)18-6-11-21(12-7-18)25-15-20(24)10-3-16-2-1-13-23-14-16/h1-2,4-9,11-14,20,24H,3,10,15H2. The minimum absolute atomic E-state index is 0.246. The number of hydrogen-bond donors (Lipinski definition) is 1. The Bertz CT molecular complexity index is 773. The molecule has 0 amide bonds. The van der Waals surface area contributed by atoms with Crippen LogP contribution in [-0.4, -0.2) is 22.8 Å². The molecule has 2 aromatic carbocycles. The molecule has 1 unspecified atom stereocenters. The van der Waals surface area contributed by atoms with Crippen molar-refractivity contribution in [3.63, 3.8) is 0 Å². The Morgan fingerprint density at radius 1 is 0.960 bits per heavy atom. The number of ether oxygens (including phenoxy) is 1. The maximum atomic E-state index is 13.0. The van der Waals surface area contributed by atoms with Crippen molar-refractivity contribution in [2.24, 2.45) is 0 Å². The molecule has 1 N–H and O–H groups in total. The number of aliphatic hydroxyl groups excluding tert-OH is 1. The molecule has 0 aliphatic carbocycles. The van der Waals surface area contributed by atoms with Gasteiger partial charge in [-0.25, -0.2) is 4.39 Å². The largest absolute Gasteiger partial charge is 0.491 e. The first-order valence-corrected chi connectivity index (χ1v) is 8.26. The molecule has 3 aromatic rings. The second kappa shape index (κ2) is 8.40. The van der Waals surface area contributed by atoms with E-state index in [1.165, 1.54) is 12.1 Å². The summed E-state index contributed by atoms with van der Waals surface area (Å²) in [5, 5.41) is 10.0. The van der Waals surface area contributed by atoms with Crippen LogP contribution in [0.15, 0.2) is 73.1 Å². The van der Waals surface area contributed by atoms with Crippen molar-refractivity contribution in [3.05, 3.63) is 84.4 Å². The molecule has 0 aliphatic heterocycles. The second-order valence-corrected chi connectivity index (χ2v) is 5.90. The molecule has 0 fully saturated rings. The maximum absolute atomic E-state index is 13.0. The zero-order valence-corrected chi connectivity index (χ0v) is 13.8. The smallest absolute Gasteiger partial charge is 0.123 e. The van der Waals surface area contributed by atoms with Gasteiger partial charge in [-0.15, -0.1) is 0 Å². The Labute approximate surface area is 146 Å². The van der Waals surface area contributed by atoms with Gasteiger partial charge in [-0.2, -0.15) is 0 Å². The Kier molecular flexibility index (Phi) is 5.75. The fourth-order valence-electron chi connectivity index (χ4n) is 2.54. The van der Waals surface area contributed by atoms with Crippen LogP contribution in [-0.2, 0) is 6.42 Å². The van der Waals surface area contributed by atoms with Crippen molar-refractivity contribution in [3.8, 4) is 16.9 Å². The zero-order chi connectivity index (χ0) is 17.5. The van der Waals surface area contributed by atoms with Gasteiger partial charge in [0.2, 0.25) is 0 Å². The minimum atomic E-state index is -0.531. The van der Waals surface area contributed by atoms with E-state index in [-0.39, 0.29) is 12.4 Å². The lowest BCUT2D eigenvalue weighted by molar-refractivity contribution is 0.100. The van der Waals surface area contributed by atoms with E-state index in [2.05, 4.69) is 4.98 Å². The molecular formula is C21H20FNO2. The number of nitrogens with zero attached hydrogens (tertiary/aromatic N) is 1. The van der Waals surface area contributed by atoms with E-state index in [1.807, 2.05) is 42.6 Å². The SMILES string of the molecule is OC(CCc1cccnc1)COc1ccc(-c2ccc(F)cc2)cc1. The van der Waals surface area contributed by atoms with Crippen LogP contribution in [0.1, 0.15) is 12.0 Å². The van der Waals surface area contributed by atoms with Crippen molar-refractivity contribution in [2.75, 3.05) is 6.61 Å². The third kappa shape index (κ3) is 5.13. The highest BCUT2D eigenvalue weighted by atomic mass is 19.1. The predicted molar refractivity (Wildman–Crippen MR) is 95.9 cm³/mol. The summed E-state index contributed by atoms with van der Waals surface area (Å²) in [5.41, 5.74) is 3.04. The zero-order valence-electron chi connectivity index (χ0n) is 13.8. The molecule has 1 atom stereocenters. The Hall–Kier alpha value is -2.72. The van der Waals surface area contributed by atoms with E-state index < -0.39 is 6.10 Å². The lowest BCUT2D eigenvalue weighted by Gasteiger charge is -2.12. The van der Waals surface area contributed by atoms with Crippen LogP contribution in [0.5, 0.6) is 5.75 Å². The summed E-state index contributed by atoms with van der Waals surface area (Å²) in [6.07, 6.45) is 4.40. The predicted octanol–water partition coefficient (Wildman–Crippen LogP) is 4.26. The monoisotopic (exact) mass is 337 g/mol. The first-order valence-electron chi connectivity index (χ1n) is 8.26. The number of aliphatic hydroxyl groups is 1. The van der Waals surface area contributed by atoms with Gasteiger partial charge in [0, 0.05) is 12.4 Å². The molecule has 3 rings (SSSR count). The summed E-state index contributed by atoms with van der Waals surface area (Å²) < 4.78 is 18.6. The molecule has 0 spiro atoms. The molecule has 0 radical (unpaired) electrons. The number of halogens is 1. The highest BCUT2D eigenvalue weighted by molar-refractivity contribution is 5.63. The van der Waals surface area contributed by atoms with Gasteiger partial charge in [-0.05, 0) is 59.9 Å². The lowest BCUT2D eigenvalue weighted by Crippen LogP contribution is -2.18. The van der Waals surface area contributed by atoms with Gasteiger partial charge < -0.3 is 9.84 Å². The van der Waals surface area contributed by atoms with Crippen molar-refractivity contribution in [1.82, 2.24) is 4.98 Å². The van der Waals surface area contributed by atoms with Crippen molar-refractivity contribution < 1.29 is 14.2 Å². The van der Waals surface area contributed by atoms with Gasteiger partial charge in [0.05, 0.1) is 6.10 Å². The lowest BCUT2D eigenvalue weighted by atomic mass is 10.1. The van der Waals surface area contributed by atoms with Crippen molar-refractivity contribution in [2.45, 2.75) is 18.9 Å². The Balaban J connectivity index is 1.49. The van der Waals surface area contributed by atoms with Gasteiger partial charge in [0.15, 0.2) is 0 Å². The fraction of sp³-hybridized carbons (Fsp3) is 0.190. The Morgan fingerprint density at radius 3 is 2.28 bits per heavy atom. The highest BCUT2D eigenvalue weighted by Crippen LogP contribution is 2.22. The van der Waals surface area contributed by atoms with E-state index in [1.54, 1.807) is 18.3 Å². The molecule has 1 heterocycles. The van der Waals surface area contributed by atoms with Crippen LogP contribution in [0.25, 0.3) is 11.1 Å². The molecule has 0 aliphatic rings. The van der Waals surface area contributed by atoms with E-state index in [0.29, 0.717) is 12.2 Å². The van der Waals surface area contributed by atoms with Gasteiger partial charge >= 0.3 is 0 Å². The summed E-state index contributed by atoms with van der Waals surface area (Å²) in [5.74, 6) is 0.454. The van der Waals surface area contributed by atoms with Crippen LogP contribution in [0.4, 0.5) is 4.39 Å². The van der Waals surface area contributed by atoms with Crippen molar-refractivity contribution in [1.29, 1.82) is 0 Å². The summed E-state index contributed by atoms with van der Waals surface area (Å²) in [6.45, 7) is 0.246. The van der Waals surface area contributed by atoms with Crippen LogP contribution in [0.2, 0.25) is 0 Å². The van der Waals surface area contributed by atoms with Crippen molar-refractivity contribution >= 4 is 0 Å². The summed E-state index contributed by atoms with van der Waals surface area (Å²) in [6, 6.07) is 17.8. The van der Waals surface area contributed by atoms with Gasteiger partial charge in [-0.3, -0.25) is 4.98 Å². The van der Waals surface area contributed by atoms with E-state index in [9.17, 15) is 9.50 Å². The van der Waals surface area contributed by atoms with E-state index >= 15 is 0 Å². The van der Waals surface area contributed by atoms with E-state index in [0.717, 1.165) is 23.1 Å². The summed E-state index contributed by atoms with van der Waals surface area (Å²) in [4.78, 5) is 4.06. The number of rotatable bonds is 7. The third-order valence-corrected chi connectivity index (χ3v) is 3.96. The third-order valence-electron chi connectivity index (χ3n) is 3.96. The second-order valence-electron chi connectivity index (χ2n) is 5.90. The quantitative estimate of drug-likeness (QED) is 0.700. The molecule has 0 saturated heterocycles. The Morgan fingerprint density at radius 2 is 1.64 bits per heavy atom. The topological polar surface area (TPSA) is 42.4 Å². The molecule has 0 bridgehead atoms. The summed E-state index contributed by atoms with van der Waals surface area (Å²) in [7, 11) is 0. The number of aryl methyl sites for hydroxylation is 1. The van der Waals surface area contributed by atoms with Crippen LogP contribution in [0, 0.1) is 5.82 Å². The van der Waals surface area contributed by atoms with Crippen LogP contribution in [0.3, 0.4) is 0 Å². The molecular weight excluding hydrogens is 317 g/mol. The first kappa shape index (κ1) is 17.1. The van der Waals surface area contributed by atoms with Crippen LogP contribution < -0.4 is 4.74 Å². The first-order chi connectivity index (χ1) is 12.2. The molecule has 4 heteroatoms. The molecule has 0 saturated carbocycles. The summed E-state index contributed by atoms with van der Waals surface area (Å²) >= 11 is 0. The normalized spacial score (nSPS) is 11.9. The van der Waals surface area contributed by atoms with E-state index in [4.69, 9.17) is 4.74 Å². The molecule has 3 nitrogen and oxygen atoms in total. The molecule has 25 heavy (non-hydrogen) atoms. The highest BCUT2D eigenvalue weighted by Gasteiger charge is 2.06. The van der Waals surface area contributed by atoms with Gasteiger partial charge in [0.25, 0.3) is 0 Å². The molecule has 1 aromatic heterocycles. The maximum Gasteiger partial charge on any atom is 0.123 e. The van der Waals surface area contributed by atoms with Gasteiger partial charge in [-0.1, -0.05) is 30.3 Å². The fourth-order valence-corrected chi connectivity index (χ4v) is 2.54. The minimum Gasteiger partial charge on any atom is -0.491 e.